The molecule has 2 N–H and O–H groups in total. The summed E-state index contributed by atoms with van der Waals surface area (Å²) in [6.45, 7) is 3.19. The maximum Gasteiger partial charge on any atom is 0.308 e. The first kappa shape index (κ1) is 18.2. The highest BCUT2D eigenvalue weighted by Crippen LogP contribution is 2.37. The van der Waals surface area contributed by atoms with E-state index in [-0.39, 0.29) is 5.56 Å². The number of thioether (sulfide) groups is 1. The third kappa shape index (κ3) is 3.85. The predicted molar refractivity (Wildman–Crippen MR) is 85.1 cm³/mol. The van der Waals surface area contributed by atoms with Crippen molar-refractivity contribution in [3.63, 3.8) is 0 Å². The van der Waals surface area contributed by atoms with Crippen LogP contribution in [0, 0.1) is 5.92 Å². The number of ether oxygens (including phenoxy) is 2. The standard InChI is InChI=1S/C15H21NO5S/c1-8(15(18)19)9(2)16-14(17)12-10(20-3)6-7-11(22-5)13(12)21-4/h6-9H,1-5H3,(H,16,17)(H,18,19). The molecule has 1 rings (SSSR count). The van der Waals surface area contributed by atoms with E-state index in [0.29, 0.717) is 11.5 Å². The summed E-state index contributed by atoms with van der Waals surface area (Å²) in [5.74, 6) is -1.30. The van der Waals surface area contributed by atoms with Crippen molar-refractivity contribution in [2.45, 2.75) is 24.8 Å². The molecule has 0 aliphatic rings. The third-order valence-electron chi connectivity index (χ3n) is 3.45. The van der Waals surface area contributed by atoms with Crippen LogP contribution in [0.5, 0.6) is 11.5 Å². The van der Waals surface area contributed by atoms with Gasteiger partial charge in [-0.05, 0) is 32.2 Å². The highest BCUT2D eigenvalue weighted by atomic mass is 32.2. The molecule has 0 radical (unpaired) electrons. The van der Waals surface area contributed by atoms with Gasteiger partial charge in [0, 0.05) is 6.04 Å². The molecule has 1 aromatic rings. The number of benzene rings is 1. The Morgan fingerprint density at radius 1 is 1.23 bits per heavy atom. The Morgan fingerprint density at radius 2 is 1.86 bits per heavy atom. The van der Waals surface area contributed by atoms with Crippen molar-refractivity contribution in [3.8, 4) is 11.5 Å². The summed E-state index contributed by atoms with van der Waals surface area (Å²) in [6, 6.07) is 2.97. The molecule has 1 aromatic carbocycles. The third-order valence-corrected chi connectivity index (χ3v) is 4.21. The fourth-order valence-electron chi connectivity index (χ4n) is 1.91. The van der Waals surface area contributed by atoms with E-state index in [4.69, 9.17) is 14.6 Å². The van der Waals surface area contributed by atoms with Crippen LogP contribution >= 0.6 is 11.8 Å². The monoisotopic (exact) mass is 327 g/mol. The fourth-order valence-corrected chi connectivity index (χ4v) is 2.49. The molecule has 122 valence electrons. The van der Waals surface area contributed by atoms with Crippen molar-refractivity contribution in [1.29, 1.82) is 0 Å². The van der Waals surface area contributed by atoms with Gasteiger partial charge in [0.05, 0.1) is 25.0 Å². The average molecular weight is 327 g/mol. The Bertz CT molecular complexity index is 561. The summed E-state index contributed by atoms with van der Waals surface area (Å²) in [7, 11) is 2.95. The smallest absolute Gasteiger partial charge is 0.308 e. The molecule has 0 saturated carbocycles. The molecule has 7 heteroatoms. The lowest BCUT2D eigenvalue weighted by molar-refractivity contribution is -0.141. The van der Waals surface area contributed by atoms with Crippen LogP contribution in [0.3, 0.4) is 0 Å². The van der Waals surface area contributed by atoms with Gasteiger partial charge < -0.3 is 19.9 Å². The Kier molecular flexibility index (Phi) is 6.55. The molecular formula is C15H21NO5S. The highest BCUT2D eigenvalue weighted by Gasteiger charge is 2.26. The fraction of sp³-hybridized carbons (Fsp3) is 0.467. The number of hydrogen-bond donors (Lipinski definition) is 2. The van der Waals surface area contributed by atoms with Crippen LogP contribution in [0.4, 0.5) is 0 Å². The van der Waals surface area contributed by atoms with Gasteiger partial charge in [0.25, 0.3) is 5.91 Å². The Labute approximate surface area is 134 Å². The molecular weight excluding hydrogens is 306 g/mol. The lowest BCUT2D eigenvalue weighted by Gasteiger charge is -2.20. The van der Waals surface area contributed by atoms with Crippen molar-refractivity contribution in [3.05, 3.63) is 17.7 Å². The van der Waals surface area contributed by atoms with Crippen LogP contribution in [-0.4, -0.2) is 43.5 Å². The van der Waals surface area contributed by atoms with Crippen molar-refractivity contribution in [2.24, 2.45) is 5.92 Å². The molecule has 6 nitrogen and oxygen atoms in total. The first-order valence-corrected chi connectivity index (χ1v) is 7.92. The summed E-state index contributed by atoms with van der Waals surface area (Å²) in [5.41, 5.74) is 0.265. The zero-order valence-electron chi connectivity index (χ0n) is 13.3. The van der Waals surface area contributed by atoms with Gasteiger partial charge in [0.15, 0.2) is 0 Å². The van der Waals surface area contributed by atoms with E-state index in [9.17, 15) is 9.59 Å². The Balaban J connectivity index is 3.18. The summed E-state index contributed by atoms with van der Waals surface area (Å²) in [4.78, 5) is 24.3. The molecule has 0 saturated heterocycles. The van der Waals surface area contributed by atoms with Crippen molar-refractivity contribution >= 4 is 23.6 Å². The summed E-state index contributed by atoms with van der Waals surface area (Å²) in [6.07, 6.45) is 1.88. The van der Waals surface area contributed by atoms with Gasteiger partial charge in [0.2, 0.25) is 0 Å². The molecule has 2 atom stereocenters. The second-order valence-electron chi connectivity index (χ2n) is 4.77. The van der Waals surface area contributed by atoms with Crippen LogP contribution in [0.2, 0.25) is 0 Å². The van der Waals surface area contributed by atoms with Crippen LogP contribution in [0.25, 0.3) is 0 Å². The normalized spacial score (nSPS) is 13.1. The van der Waals surface area contributed by atoms with Gasteiger partial charge in [-0.25, -0.2) is 0 Å². The lowest BCUT2D eigenvalue weighted by atomic mass is 10.0. The minimum absolute atomic E-state index is 0.265. The van der Waals surface area contributed by atoms with Gasteiger partial charge in [0.1, 0.15) is 17.1 Å². The van der Waals surface area contributed by atoms with Crippen LogP contribution in [-0.2, 0) is 4.79 Å². The number of hydrogen-bond acceptors (Lipinski definition) is 5. The van der Waals surface area contributed by atoms with Crippen LogP contribution in [0.15, 0.2) is 17.0 Å². The minimum atomic E-state index is -0.968. The quantitative estimate of drug-likeness (QED) is 0.747. The van der Waals surface area contributed by atoms with E-state index < -0.39 is 23.8 Å². The molecule has 0 spiro atoms. The van der Waals surface area contributed by atoms with Crippen molar-refractivity contribution in [1.82, 2.24) is 5.32 Å². The number of amides is 1. The van der Waals surface area contributed by atoms with Gasteiger partial charge >= 0.3 is 5.97 Å². The molecule has 0 aromatic heterocycles. The van der Waals surface area contributed by atoms with Crippen molar-refractivity contribution in [2.75, 3.05) is 20.5 Å². The van der Waals surface area contributed by atoms with Crippen LogP contribution in [0.1, 0.15) is 24.2 Å². The Hall–Kier alpha value is -1.89. The average Bonchev–Trinajstić information content (AvgIpc) is 2.51. The number of rotatable bonds is 7. The zero-order valence-corrected chi connectivity index (χ0v) is 14.1. The topological polar surface area (TPSA) is 84.9 Å². The molecule has 0 aliphatic carbocycles. The van der Waals surface area contributed by atoms with Gasteiger partial charge in [-0.2, -0.15) is 0 Å². The second kappa shape index (κ2) is 7.93. The number of nitrogens with one attached hydrogen (secondary N) is 1. The maximum atomic E-state index is 12.5. The van der Waals surface area contributed by atoms with E-state index in [2.05, 4.69) is 5.32 Å². The van der Waals surface area contributed by atoms with E-state index >= 15 is 0 Å². The van der Waals surface area contributed by atoms with Gasteiger partial charge in [-0.15, -0.1) is 11.8 Å². The molecule has 0 aliphatic heterocycles. The molecule has 0 fully saturated rings. The van der Waals surface area contributed by atoms with E-state index in [1.54, 1.807) is 19.9 Å². The molecule has 0 bridgehead atoms. The van der Waals surface area contributed by atoms with E-state index in [1.807, 2.05) is 12.3 Å². The van der Waals surface area contributed by atoms with Crippen LogP contribution < -0.4 is 14.8 Å². The number of carbonyl (C=O) groups excluding carboxylic acids is 1. The highest BCUT2D eigenvalue weighted by molar-refractivity contribution is 7.98. The van der Waals surface area contributed by atoms with Gasteiger partial charge in [-0.3, -0.25) is 9.59 Å². The Morgan fingerprint density at radius 3 is 2.32 bits per heavy atom. The van der Waals surface area contributed by atoms with E-state index in [1.165, 1.54) is 26.0 Å². The minimum Gasteiger partial charge on any atom is -0.496 e. The van der Waals surface area contributed by atoms with Crippen molar-refractivity contribution < 1.29 is 24.2 Å². The second-order valence-corrected chi connectivity index (χ2v) is 5.62. The van der Waals surface area contributed by atoms with E-state index in [0.717, 1.165) is 4.90 Å². The first-order chi connectivity index (χ1) is 10.4. The number of carboxylic acid groups (broad SMARTS) is 1. The number of methoxy groups -OCH3 is 2. The SMILES string of the molecule is COc1ccc(SC)c(OC)c1C(=O)NC(C)C(C)C(=O)O. The lowest BCUT2D eigenvalue weighted by Crippen LogP contribution is -2.40. The number of aliphatic carboxylic acids is 1. The molecule has 0 heterocycles. The number of carboxylic acids is 1. The molecule has 22 heavy (non-hydrogen) atoms. The zero-order chi connectivity index (χ0) is 16.9. The number of carbonyl (C=O) groups is 2. The van der Waals surface area contributed by atoms with Gasteiger partial charge in [-0.1, -0.05) is 0 Å². The summed E-state index contributed by atoms with van der Waals surface area (Å²) >= 11 is 1.45. The predicted octanol–water partition coefficient (Wildman–Crippen LogP) is 2.26. The summed E-state index contributed by atoms with van der Waals surface area (Å²) in [5, 5.41) is 11.7. The molecule has 2 unspecified atom stereocenters. The first-order valence-electron chi connectivity index (χ1n) is 6.70. The maximum absolute atomic E-state index is 12.5. The molecule has 1 amide bonds. The summed E-state index contributed by atoms with van der Waals surface area (Å²) < 4.78 is 10.6. The largest absolute Gasteiger partial charge is 0.496 e.